The number of carboxylic acid groups (broad SMARTS) is 1. The van der Waals surface area contributed by atoms with Crippen LogP contribution in [0, 0.1) is 0 Å². The van der Waals surface area contributed by atoms with E-state index in [-0.39, 0.29) is 10.9 Å². The van der Waals surface area contributed by atoms with E-state index in [1.807, 2.05) is 18.2 Å². The summed E-state index contributed by atoms with van der Waals surface area (Å²) in [7, 11) is -3.97. The molecule has 0 fully saturated rings. The van der Waals surface area contributed by atoms with E-state index in [4.69, 9.17) is 16.7 Å². The minimum atomic E-state index is -3.97. The Bertz CT molecular complexity index is 1260. The summed E-state index contributed by atoms with van der Waals surface area (Å²) >= 11 is 5.99. The number of hydrogen-bond acceptors (Lipinski definition) is 7. The molecule has 0 amide bonds. The van der Waals surface area contributed by atoms with Gasteiger partial charge in [-0.15, -0.1) is 0 Å². The molecule has 3 aromatic rings. The molecule has 12 heteroatoms. The average Bonchev–Trinajstić information content (AvgIpc) is 3.22. The summed E-state index contributed by atoms with van der Waals surface area (Å²) in [4.78, 5) is 10.9. The molecular formula is C19H17ClN6O4S. The van der Waals surface area contributed by atoms with Gasteiger partial charge >= 0.3 is 5.97 Å². The standard InChI is InChI=1S/C19H17ClN6O4S/c1-11(18(27)28)23-31(29,30)15-8-4-12(5-9-15)16-10-17(13-2-6-14(20)7-3-13)26-19(21-16)22-24-25-26/h2-11,17,23H,1H3,(H,27,28)(H,21,22,25)/t11-,17-/m1/s1. The third kappa shape index (κ3) is 4.29. The summed E-state index contributed by atoms with van der Waals surface area (Å²) in [6.45, 7) is 1.26. The first-order chi connectivity index (χ1) is 14.7. The minimum absolute atomic E-state index is 0.0418. The monoisotopic (exact) mass is 460 g/mol. The maximum absolute atomic E-state index is 12.4. The molecule has 4 rings (SSSR count). The fourth-order valence-corrected chi connectivity index (χ4v) is 4.41. The van der Waals surface area contributed by atoms with Gasteiger partial charge in [-0.3, -0.25) is 4.79 Å². The van der Waals surface area contributed by atoms with Crippen molar-refractivity contribution in [3.8, 4) is 0 Å². The summed E-state index contributed by atoms with van der Waals surface area (Å²) in [5.41, 5.74) is 2.32. The Morgan fingerprint density at radius 2 is 1.87 bits per heavy atom. The highest BCUT2D eigenvalue weighted by Crippen LogP contribution is 2.32. The number of sulfonamides is 1. The smallest absolute Gasteiger partial charge is 0.321 e. The lowest BCUT2D eigenvalue weighted by atomic mass is 10.0. The molecule has 10 nitrogen and oxygen atoms in total. The van der Waals surface area contributed by atoms with Crippen molar-refractivity contribution in [1.29, 1.82) is 0 Å². The van der Waals surface area contributed by atoms with Crippen LogP contribution in [-0.4, -0.2) is 45.7 Å². The van der Waals surface area contributed by atoms with Gasteiger partial charge in [-0.05, 0) is 58.8 Å². The molecule has 0 bridgehead atoms. The van der Waals surface area contributed by atoms with E-state index < -0.39 is 22.0 Å². The highest BCUT2D eigenvalue weighted by Gasteiger charge is 2.25. The first-order valence-corrected chi connectivity index (χ1v) is 11.0. The zero-order chi connectivity index (χ0) is 22.2. The second-order valence-corrected chi connectivity index (χ2v) is 9.00. The number of tetrazole rings is 1. The normalized spacial score (nSPS) is 16.7. The van der Waals surface area contributed by atoms with Crippen LogP contribution < -0.4 is 10.0 Å². The zero-order valence-electron chi connectivity index (χ0n) is 16.1. The first-order valence-electron chi connectivity index (χ1n) is 9.12. The van der Waals surface area contributed by atoms with Crippen LogP contribution in [0.25, 0.3) is 5.70 Å². The van der Waals surface area contributed by atoms with Crippen molar-refractivity contribution >= 4 is 39.2 Å². The van der Waals surface area contributed by atoms with E-state index in [2.05, 4.69) is 25.6 Å². The van der Waals surface area contributed by atoms with Gasteiger partial charge < -0.3 is 10.4 Å². The maximum atomic E-state index is 12.4. The lowest BCUT2D eigenvalue weighted by molar-refractivity contribution is -0.138. The van der Waals surface area contributed by atoms with Gasteiger partial charge in [-0.1, -0.05) is 41.0 Å². The molecular weight excluding hydrogens is 444 g/mol. The minimum Gasteiger partial charge on any atom is -0.480 e. The van der Waals surface area contributed by atoms with Gasteiger partial charge in [0.2, 0.25) is 16.0 Å². The van der Waals surface area contributed by atoms with Crippen molar-refractivity contribution in [1.82, 2.24) is 24.9 Å². The number of fused-ring (bicyclic) bond motifs is 1. The molecule has 0 radical (unpaired) electrons. The molecule has 2 aromatic carbocycles. The number of anilines is 1. The molecule has 0 aliphatic carbocycles. The quantitative estimate of drug-likeness (QED) is 0.508. The van der Waals surface area contributed by atoms with Crippen molar-refractivity contribution in [3.63, 3.8) is 0 Å². The van der Waals surface area contributed by atoms with Gasteiger partial charge in [0.05, 0.1) is 4.90 Å². The largest absolute Gasteiger partial charge is 0.480 e. The lowest BCUT2D eigenvalue weighted by Gasteiger charge is -2.23. The molecule has 1 aliphatic heterocycles. The number of halogens is 1. The number of carboxylic acids is 1. The summed E-state index contributed by atoms with van der Waals surface area (Å²) in [6, 6.07) is 11.8. The van der Waals surface area contributed by atoms with Crippen molar-refractivity contribution < 1.29 is 18.3 Å². The summed E-state index contributed by atoms with van der Waals surface area (Å²) in [5, 5.41) is 24.4. The van der Waals surface area contributed by atoms with Crippen LogP contribution >= 0.6 is 11.6 Å². The fourth-order valence-electron chi connectivity index (χ4n) is 3.08. The number of nitrogens with one attached hydrogen (secondary N) is 2. The van der Waals surface area contributed by atoms with Crippen LogP contribution in [0.2, 0.25) is 5.02 Å². The predicted molar refractivity (Wildman–Crippen MR) is 113 cm³/mol. The van der Waals surface area contributed by atoms with Crippen LogP contribution in [0.5, 0.6) is 0 Å². The Balaban J connectivity index is 1.65. The third-order valence-corrected chi connectivity index (χ3v) is 6.53. The van der Waals surface area contributed by atoms with E-state index in [1.165, 1.54) is 19.1 Å². The molecule has 0 saturated carbocycles. The number of aliphatic carboxylic acids is 1. The van der Waals surface area contributed by atoms with Crippen LogP contribution in [0.15, 0.2) is 59.5 Å². The molecule has 2 atom stereocenters. The third-order valence-electron chi connectivity index (χ3n) is 4.72. The number of nitrogens with zero attached hydrogens (tertiary/aromatic N) is 4. The molecule has 0 saturated heterocycles. The average molecular weight is 461 g/mol. The summed E-state index contributed by atoms with van der Waals surface area (Å²) in [5.74, 6) is -0.825. The van der Waals surface area contributed by atoms with Crippen molar-refractivity contribution in [3.05, 3.63) is 70.8 Å². The van der Waals surface area contributed by atoms with E-state index in [9.17, 15) is 13.2 Å². The molecule has 1 aromatic heterocycles. The molecule has 0 unspecified atom stereocenters. The van der Waals surface area contributed by atoms with Crippen LogP contribution in [0.4, 0.5) is 5.95 Å². The van der Waals surface area contributed by atoms with Crippen molar-refractivity contribution in [2.75, 3.05) is 5.32 Å². The number of rotatable bonds is 6. The first kappa shape index (κ1) is 21.0. The van der Waals surface area contributed by atoms with Crippen LogP contribution in [0.3, 0.4) is 0 Å². The van der Waals surface area contributed by atoms with Crippen LogP contribution in [-0.2, 0) is 14.8 Å². The number of aromatic nitrogens is 4. The highest BCUT2D eigenvalue weighted by atomic mass is 35.5. The number of allylic oxidation sites excluding steroid dienone is 1. The Morgan fingerprint density at radius 3 is 2.52 bits per heavy atom. The molecule has 1 aliphatic rings. The molecule has 160 valence electrons. The van der Waals surface area contributed by atoms with Gasteiger partial charge in [-0.2, -0.15) is 9.40 Å². The summed E-state index contributed by atoms with van der Waals surface area (Å²) < 4.78 is 28.5. The van der Waals surface area contributed by atoms with Gasteiger partial charge in [0.25, 0.3) is 0 Å². The second kappa shape index (κ2) is 8.10. The van der Waals surface area contributed by atoms with E-state index in [1.54, 1.807) is 28.9 Å². The Hall–Kier alpha value is -3.28. The maximum Gasteiger partial charge on any atom is 0.321 e. The molecule has 31 heavy (non-hydrogen) atoms. The Labute approximate surface area is 182 Å². The molecule has 3 N–H and O–H groups in total. The molecule has 2 heterocycles. The Kier molecular flexibility index (Phi) is 5.48. The van der Waals surface area contributed by atoms with Crippen LogP contribution in [0.1, 0.15) is 24.1 Å². The van der Waals surface area contributed by atoms with E-state index >= 15 is 0 Å². The van der Waals surface area contributed by atoms with Crippen molar-refractivity contribution in [2.45, 2.75) is 23.9 Å². The summed E-state index contributed by atoms with van der Waals surface area (Å²) in [6.07, 6.45) is 1.92. The predicted octanol–water partition coefficient (Wildman–Crippen LogP) is 2.13. The van der Waals surface area contributed by atoms with Gasteiger partial charge in [0.1, 0.15) is 12.1 Å². The highest BCUT2D eigenvalue weighted by molar-refractivity contribution is 7.89. The fraction of sp³-hybridized carbons (Fsp3) is 0.158. The Morgan fingerprint density at radius 1 is 1.19 bits per heavy atom. The van der Waals surface area contributed by atoms with E-state index in [0.29, 0.717) is 22.2 Å². The van der Waals surface area contributed by atoms with E-state index in [0.717, 1.165) is 5.56 Å². The molecule has 0 spiro atoms. The van der Waals surface area contributed by atoms with Gasteiger partial charge in [0, 0.05) is 10.7 Å². The number of benzene rings is 2. The van der Waals surface area contributed by atoms with Gasteiger partial charge in [0.15, 0.2) is 0 Å². The van der Waals surface area contributed by atoms with Crippen molar-refractivity contribution in [2.24, 2.45) is 0 Å². The SMILES string of the molecule is C[C@@H](NS(=O)(=O)c1ccc(C2=C[C@H](c3ccc(Cl)cc3)n3nnnc3N2)cc1)C(=O)O. The zero-order valence-corrected chi connectivity index (χ0v) is 17.7. The lowest BCUT2D eigenvalue weighted by Crippen LogP contribution is -2.38. The van der Waals surface area contributed by atoms with Gasteiger partial charge in [-0.25, -0.2) is 8.42 Å². The second-order valence-electron chi connectivity index (χ2n) is 6.85. The number of hydrogen-bond donors (Lipinski definition) is 3. The number of carbonyl (C=O) groups is 1. The topological polar surface area (TPSA) is 139 Å².